The van der Waals surface area contributed by atoms with Gasteiger partial charge in [0.1, 0.15) is 0 Å². The quantitative estimate of drug-likeness (QED) is 0.938. The number of rotatable bonds is 3. The predicted molar refractivity (Wildman–Crippen MR) is 82.2 cm³/mol. The highest BCUT2D eigenvalue weighted by atomic mass is 32.1. The van der Waals surface area contributed by atoms with E-state index in [1.807, 2.05) is 16.5 Å². The van der Waals surface area contributed by atoms with Gasteiger partial charge in [-0.2, -0.15) is 5.10 Å². The maximum Gasteiger partial charge on any atom is 0.257 e. The van der Waals surface area contributed by atoms with Crippen LogP contribution in [0.15, 0.2) is 6.20 Å². The molecular formula is C14H19N5OS. The Kier molecular flexibility index (Phi) is 3.67. The molecule has 1 aliphatic heterocycles. The number of thiazole rings is 1. The number of carbonyl (C=O) groups is 1. The number of hydrogen-bond donors (Lipinski definition) is 1. The topological polar surface area (TPSA) is 77.0 Å². The molecule has 2 N–H and O–H groups in total. The largest absolute Gasteiger partial charge is 0.375 e. The van der Waals surface area contributed by atoms with Crippen molar-refractivity contribution in [3.63, 3.8) is 0 Å². The molecule has 3 rings (SSSR count). The number of aryl methyl sites for hydroxylation is 1. The zero-order chi connectivity index (χ0) is 15.0. The number of nitrogens with zero attached hydrogens (tertiary/aromatic N) is 4. The van der Waals surface area contributed by atoms with Gasteiger partial charge in [-0.1, -0.05) is 6.92 Å². The first-order valence-corrected chi connectivity index (χ1v) is 7.97. The van der Waals surface area contributed by atoms with E-state index >= 15 is 0 Å². The first-order chi connectivity index (χ1) is 10.1. The van der Waals surface area contributed by atoms with Crippen molar-refractivity contribution in [2.75, 3.05) is 12.3 Å². The molecule has 0 saturated heterocycles. The number of aromatic nitrogens is 3. The number of nitrogen functional groups attached to an aromatic ring is 1. The Bertz CT molecular complexity index is 675. The smallest absolute Gasteiger partial charge is 0.257 e. The fraction of sp³-hybridized carbons (Fsp3) is 0.500. The number of hydrogen-bond acceptors (Lipinski definition) is 5. The lowest BCUT2D eigenvalue weighted by atomic mass is 10.1. The third kappa shape index (κ3) is 2.53. The van der Waals surface area contributed by atoms with Crippen molar-refractivity contribution in [1.29, 1.82) is 0 Å². The molecule has 2 aromatic heterocycles. The number of fused-ring (bicyclic) bond motifs is 1. The summed E-state index contributed by atoms with van der Waals surface area (Å²) in [7, 11) is 0. The molecule has 7 heteroatoms. The van der Waals surface area contributed by atoms with Gasteiger partial charge in [-0.3, -0.25) is 9.48 Å². The van der Waals surface area contributed by atoms with E-state index < -0.39 is 0 Å². The molecule has 1 aliphatic rings. The molecule has 0 saturated carbocycles. The first kappa shape index (κ1) is 14.1. The second-order valence-electron chi connectivity index (χ2n) is 5.27. The standard InChI is InChI=1S/C14H19N5OS/c1-3-5-19-9(2)10(7-16-19)13(20)18-6-4-11-12(8-18)21-14(15)17-11/h7H,3-6,8H2,1-2H3,(H2,15,17). The zero-order valence-electron chi connectivity index (χ0n) is 12.3. The Morgan fingerprint density at radius 2 is 2.33 bits per heavy atom. The summed E-state index contributed by atoms with van der Waals surface area (Å²) in [6, 6.07) is 0. The van der Waals surface area contributed by atoms with Crippen LogP contribution in [-0.4, -0.2) is 32.1 Å². The first-order valence-electron chi connectivity index (χ1n) is 7.16. The number of amides is 1. The summed E-state index contributed by atoms with van der Waals surface area (Å²) >= 11 is 1.48. The number of nitrogens with two attached hydrogens (primary N) is 1. The summed E-state index contributed by atoms with van der Waals surface area (Å²) in [5.41, 5.74) is 8.42. The van der Waals surface area contributed by atoms with Crippen LogP contribution < -0.4 is 5.73 Å². The molecule has 0 aromatic carbocycles. The van der Waals surface area contributed by atoms with Crippen LogP contribution in [0, 0.1) is 6.92 Å². The molecule has 0 unspecified atom stereocenters. The van der Waals surface area contributed by atoms with E-state index in [0.717, 1.165) is 35.7 Å². The minimum atomic E-state index is 0.0486. The molecule has 6 nitrogen and oxygen atoms in total. The number of anilines is 1. The third-order valence-electron chi connectivity index (χ3n) is 3.80. The van der Waals surface area contributed by atoms with Gasteiger partial charge in [0.05, 0.1) is 24.0 Å². The van der Waals surface area contributed by atoms with Crippen LogP contribution in [0.2, 0.25) is 0 Å². The average Bonchev–Trinajstić information content (AvgIpc) is 3.00. The van der Waals surface area contributed by atoms with Crippen molar-refractivity contribution in [3.05, 3.63) is 28.0 Å². The Balaban J connectivity index is 1.80. The monoisotopic (exact) mass is 305 g/mol. The summed E-state index contributed by atoms with van der Waals surface area (Å²) in [4.78, 5) is 19.9. The number of carbonyl (C=O) groups excluding carboxylic acids is 1. The van der Waals surface area contributed by atoms with Gasteiger partial charge >= 0.3 is 0 Å². The van der Waals surface area contributed by atoms with Gasteiger partial charge in [0.2, 0.25) is 0 Å². The van der Waals surface area contributed by atoms with Crippen LogP contribution in [0.5, 0.6) is 0 Å². The fourth-order valence-electron chi connectivity index (χ4n) is 2.65. The molecule has 21 heavy (non-hydrogen) atoms. The lowest BCUT2D eigenvalue weighted by molar-refractivity contribution is 0.0735. The summed E-state index contributed by atoms with van der Waals surface area (Å²) < 4.78 is 1.90. The lowest BCUT2D eigenvalue weighted by Gasteiger charge is -2.26. The predicted octanol–water partition coefficient (Wildman–Crippen LogP) is 1.84. The van der Waals surface area contributed by atoms with E-state index in [0.29, 0.717) is 23.8 Å². The molecular weight excluding hydrogens is 286 g/mol. The molecule has 0 atom stereocenters. The highest BCUT2D eigenvalue weighted by Gasteiger charge is 2.26. The van der Waals surface area contributed by atoms with Crippen molar-refractivity contribution < 1.29 is 4.79 Å². The molecule has 1 amide bonds. The maximum atomic E-state index is 12.7. The van der Waals surface area contributed by atoms with E-state index in [2.05, 4.69) is 17.0 Å². The summed E-state index contributed by atoms with van der Waals surface area (Å²) in [6.07, 6.45) is 3.46. The van der Waals surface area contributed by atoms with Crippen molar-refractivity contribution in [2.45, 2.75) is 39.8 Å². The Labute approximate surface area is 127 Å². The van der Waals surface area contributed by atoms with Crippen molar-refractivity contribution in [1.82, 2.24) is 19.7 Å². The van der Waals surface area contributed by atoms with Gasteiger partial charge in [-0.15, -0.1) is 11.3 Å². The van der Waals surface area contributed by atoms with Gasteiger partial charge < -0.3 is 10.6 Å². The summed E-state index contributed by atoms with van der Waals surface area (Å²) in [6.45, 7) is 6.18. The highest BCUT2D eigenvalue weighted by Crippen LogP contribution is 2.27. The molecule has 0 bridgehead atoms. The van der Waals surface area contributed by atoms with Gasteiger partial charge in [-0.25, -0.2) is 4.98 Å². The van der Waals surface area contributed by atoms with E-state index in [1.54, 1.807) is 6.20 Å². The van der Waals surface area contributed by atoms with Crippen LogP contribution in [0.1, 0.15) is 40.0 Å². The Hall–Kier alpha value is -1.89. The molecule has 3 heterocycles. The average molecular weight is 305 g/mol. The van der Waals surface area contributed by atoms with E-state index in [4.69, 9.17) is 5.73 Å². The van der Waals surface area contributed by atoms with Crippen molar-refractivity contribution >= 4 is 22.4 Å². The van der Waals surface area contributed by atoms with Crippen molar-refractivity contribution in [3.8, 4) is 0 Å². The van der Waals surface area contributed by atoms with Gasteiger partial charge in [0.15, 0.2) is 5.13 Å². The van der Waals surface area contributed by atoms with Crippen LogP contribution in [0.4, 0.5) is 5.13 Å². The van der Waals surface area contributed by atoms with Crippen LogP contribution in [0.3, 0.4) is 0 Å². The second-order valence-corrected chi connectivity index (χ2v) is 6.38. The summed E-state index contributed by atoms with van der Waals surface area (Å²) in [5.74, 6) is 0.0486. The van der Waals surface area contributed by atoms with E-state index in [1.165, 1.54) is 11.3 Å². The molecule has 112 valence electrons. The summed E-state index contributed by atoms with van der Waals surface area (Å²) in [5, 5.41) is 4.89. The minimum absolute atomic E-state index is 0.0486. The van der Waals surface area contributed by atoms with Gasteiger partial charge in [0, 0.05) is 30.1 Å². The molecule has 0 spiro atoms. The Morgan fingerprint density at radius 3 is 3.10 bits per heavy atom. The third-order valence-corrected chi connectivity index (χ3v) is 4.72. The normalized spacial score (nSPS) is 14.3. The molecule has 0 radical (unpaired) electrons. The minimum Gasteiger partial charge on any atom is -0.375 e. The zero-order valence-corrected chi connectivity index (χ0v) is 13.1. The lowest BCUT2D eigenvalue weighted by Crippen LogP contribution is -2.35. The molecule has 0 fully saturated rings. The fourth-order valence-corrected chi connectivity index (χ4v) is 3.55. The molecule has 2 aromatic rings. The van der Waals surface area contributed by atoms with Crippen LogP contribution >= 0.6 is 11.3 Å². The van der Waals surface area contributed by atoms with Crippen LogP contribution in [-0.2, 0) is 19.5 Å². The Morgan fingerprint density at radius 1 is 1.52 bits per heavy atom. The van der Waals surface area contributed by atoms with E-state index in [9.17, 15) is 4.79 Å². The second kappa shape index (κ2) is 5.48. The van der Waals surface area contributed by atoms with Crippen molar-refractivity contribution in [2.24, 2.45) is 0 Å². The maximum absolute atomic E-state index is 12.7. The van der Waals surface area contributed by atoms with Gasteiger partial charge in [-0.05, 0) is 13.3 Å². The van der Waals surface area contributed by atoms with E-state index in [-0.39, 0.29) is 5.91 Å². The highest BCUT2D eigenvalue weighted by molar-refractivity contribution is 7.15. The SMILES string of the molecule is CCCn1ncc(C(=O)N2CCc3nc(N)sc3C2)c1C. The van der Waals surface area contributed by atoms with Crippen LogP contribution in [0.25, 0.3) is 0 Å². The van der Waals surface area contributed by atoms with Gasteiger partial charge in [0.25, 0.3) is 5.91 Å². The molecule has 0 aliphatic carbocycles.